The molecule has 0 fully saturated rings. The van der Waals surface area contributed by atoms with Crippen molar-refractivity contribution in [3.63, 3.8) is 0 Å². The molecular formula is C22H21N3O3S. The number of aromatic nitrogens is 2. The minimum absolute atomic E-state index is 0.129. The molecule has 0 aliphatic rings. The van der Waals surface area contributed by atoms with Crippen molar-refractivity contribution in [2.75, 3.05) is 5.73 Å². The van der Waals surface area contributed by atoms with Crippen LogP contribution in [0.25, 0.3) is 11.3 Å². The fourth-order valence-electron chi connectivity index (χ4n) is 2.59. The van der Waals surface area contributed by atoms with Crippen molar-refractivity contribution in [3.8, 4) is 28.8 Å². The Morgan fingerprint density at radius 2 is 1.76 bits per heavy atom. The van der Waals surface area contributed by atoms with E-state index in [0.717, 1.165) is 5.56 Å². The Kier molecular flexibility index (Phi) is 5.57. The molecule has 2 aromatic carbocycles. The number of benzene rings is 2. The van der Waals surface area contributed by atoms with Crippen molar-refractivity contribution in [2.45, 2.75) is 30.9 Å². The molecule has 0 amide bonds. The number of nitrogens with two attached hydrogens (primary N) is 1. The van der Waals surface area contributed by atoms with Crippen LogP contribution in [-0.4, -0.2) is 28.7 Å². The molecule has 6 nitrogen and oxygen atoms in total. The van der Waals surface area contributed by atoms with Crippen LogP contribution in [0.3, 0.4) is 0 Å². The van der Waals surface area contributed by atoms with Gasteiger partial charge in [0, 0.05) is 11.1 Å². The second-order valence-electron chi connectivity index (χ2n) is 6.86. The SMILES string of the molecule is Cc1ccc(O)cc1C#Cc1nc(-c2ccc(S(=O)(=O)C(C)C)cc2)cnc1N. The first-order valence-corrected chi connectivity index (χ1v) is 10.5. The molecule has 0 radical (unpaired) electrons. The number of phenols is 1. The first kappa shape index (κ1) is 20.4. The first-order valence-electron chi connectivity index (χ1n) is 8.97. The molecule has 0 bridgehead atoms. The smallest absolute Gasteiger partial charge is 0.180 e. The van der Waals surface area contributed by atoms with E-state index in [4.69, 9.17) is 5.73 Å². The third-order valence-corrected chi connectivity index (χ3v) is 6.61. The van der Waals surface area contributed by atoms with Crippen LogP contribution in [0.5, 0.6) is 5.75 Å². The van der Waals surface area contributed by atoms with Crippen LogP contribution in [0.4, 0.5) is 5.82 Å². The molecule has 0 atom stereocenters. The molecule has 0 spiro atoms. The van der Waals surface area contributed by atoms with E-state index in [1.54, 1.807) is 56.3 Å². The van der Waals surface area contributed by atoms with Crippen LogP contribution in [0.2, 0.25) is 0 Å². The number of aromatic hydroxyl groups is 1. The molecule has 148 valence electrons. The Morgan fingerprint density at radius 3 is 2.41 bits per heavy atom. The zero-order valence-electron chi connectivity index (χ0n) is 16.3. The van der Waals surface area contributed by atoms with Crippen LogP contribution in [0, 0.1) is 18.8 Å². The van der Waals surface area contributed by atoms with Gasteiger partial charge in [0.1, 0.15) is 5.75 Å². The maximum absolute atomic E-state index is 12.3. The lowest BCUT2D eigenvalue weighted by Crippen LogP contribution is -2.13. The average molecular weight is 407 g/mol. The molecule has 3 aromatic rings. The molecule has 1 heterocycles. The summed E-state index contributed by atoms with van der Waals surface area (Å²) in [5.41, 5.74) is 9.04. The third kappa shape index (κ3) is 4.39. The molecule has 7 heteroatoms. The van der Waals surface area contributed by atoms with E-state index in [9.17, 15) is 13.5 Å². The van der Waals surface area contributed by atoms with E-state index < -0.39 is 15.1 Å². The van der Waals surface area contributed by atoms with E-state index in [0.29, 0.717) is 22.5 Å². The fraction of sp³-hybridized carbons (Fsp3) is 0.182. The molecule has 0 unspecified atom stereocenters. The van der Waals surface area contributed by atoms with Gasteiger partial charge in [0.2, 0.25) is 0 Å². The van der Waals surface area contributed by atoms with Crippen molar-refractivity contribution in [2.24, 2.45) is 0 Å². The van der Waals surface area contributed by atoms with Gasteiger partial charge < -0.3 is 10.8 Å². The molecule has 29 heavy (non-hydrogen) atoms. The highest BCUT2D eigenvalue weighted by atomic mass is 32.2. The Labute approximate surface area is 170 Å². The largest absolute Gasteiger partial charge is 0.508 e. The lowest BCUT2D eigenvalue weighted by atomic mass is 10.1. The summed E-state index contributed by atoms with van der Waals surface area (Å²) in [6.07, 6.45) is 1.52. The third-order valence-electron chi connectivity index (χ3n) is 4.44. The summed E-state index contributed by atoms with van der Waals surface area (Å²) in [7, 11) is -3.34. The van der Waals surface area contributed by atoms with E-state index in [2.05, 4.69) is 21.8 Å². The highest BCUT2D eigenvalue weighted by Gasteiger charge is 2.19. The van der Waals surface area contributed by atoms with Crippen molar-refractivity contribution < 1.29 is 13.5 Å². The number of nitrogens with zero attached hydrogens (tertiary/aromatic N) is 2. The zero-order valence-corrected chi connectivity index (χ0v) is 17.2. The Balaban J connectivity index is 1.96. The minimum Gasteiger partial charge on any atom is -0.508 e. The van der Waals surface area contributed by atoms with Gasteiger partial charge in [-0.2, -0.15) is 0 Å². The summed E-state index contributed by atoms with van der Waals surface area (Å²) in [5.74, 6) is 6.18. The van der Waals surface area contributed by atoms with Crippen molar-refractivity contribution in [1.29, 1.82) is 0 Å². The second-order valence-corrected chi connectivity index (χ2v) is 9.36. The van der Waals surface area contributed by atoms with Crippen molar-refractivity contribution >= 4 is 15.7 Å². The van der Waals surface area contributed by atoms with Gasteiger partial charge in [-0.15, -0.1) is 0 Å². The number of hydrogen-bond donors (Lipinski definition) is 2. The summed E-state index contributed by atoms with van der Waals surface area (Å²) < 4.78 is 24.5. The number of sulfone groups is 1. The highest BCUT2D eigenvalue weighted by molar-refractivity contribution is 7.92. The van der Waals surface area contributed by atoms with Crippen LogP contribution in [0.1, 0.15) is 30.7 Å². The zero-order chi connectivity index (χ0) is 21.2. The first-order chi connectivity index (χ1) is 13.7. The monoisotopic (exact) mass is 407 g/mol. The number of aryl methyl sites for hydroxylation is 1. The van der Waals surface area contributed by atoms with Gasteiger partial charge in [-0.3, -0.25) is 0 Å². The summed E-state index contributed by atoms with van der Waals surface area (Å²) in [6, 6.07) is 11.4. The number of anilines is 1. The lowest BCUT2D eigenvalue weighted by Gasteiger charge is -2.09. The minimum atomic E-state index is -3.34. The standard InChI is InChI=1S/C22H21N3O3S/c1-14(2)29(27,28)19-9-5-16(6-10-19)21-13-24-22(23)20(25-21)11-7-17-12-18(26)8-4-15(17)3/h4-6,8-10,12-14,26H,1-3H3,(H2,23,24). The maximum Gasteiger partial charge on any atom is 0.180 e. The normalized spacial score (nSPS) is 11.2. The number of phenolic OH excluding ortho intramolecular Hbond substituents is 1. The Morgan fingerprint density at radius 1 is 1.07 bits per heavy atom. The van der Waals surface area contributed by atoms with Gasteiger partial charge >= 0.3 is 0 Å². The van der Waals surface area contributed by atoms with Gasteiger partial charge in [-0.25, -0.2) is 18.4 Å². The maximum atomic E-state index is 12.3. The van der Waals surface area contributed by atoms with Crippen LogP contribution in [0.15, 0.2) is 53.6 Å². The van der Waals surface area contributed by atoms with Crippen molar-refractivity contribution in [3.05, 3.63) is 65.5 Å². The number of rotatable bonds is 3. The Hall–Kier alpha value is -3.37. The van der Waals surface area contributed by atoms with E-state index in [1.807, 2.05) is 6.92 Å². The number of nitrogen functional groups attached to an aromatic ring is 1. The summed E-state index contributed by atoms with van der Waals surface area (Å²) >= 11 is 0. The van der Waals surface area contributed by atoms with Gasteiger partial charge in [0.15, 0.2) is 21.3 Å². The molecule has 3 N–H and O–H groups in total. The van der Waals surface area contributed by atoms with Crippen LogP contribution < -0.4 is 5.73 Å². The highest BCUT2D eigenvalue weighted by Crippen LogP contribution is 2.23. The fourth-order valence-corrected chi connectivity index (χ4v) is 3.65. The van der Waals surface area contributed by atoms with E-state index in [-0.39, 0.29) is 16.5 Å². The molecule has 0 aliphatic heterocycles. The topological polar surface area (TPSA) is 106 Å². The van der Waals surface area contributed by atoms with Gasteiger partial charge in [-0.1, -0.05) is 24.1 Å². The number of hydrogen-bond acceptors (Lipinski definition) is 6. The van der Waals surface area contributed by atoms with Crippen LogP contribution in [-0.2, 0) is 9.84 Å². The summed E-state index contributed by atoms with van der Waals surface area (Å²) in [5, 5.41) is 9.14. The second kappa shape index (κ2) is 7.94. The summed E-state index contributed by atoms with van der Waals surface area (Å²) in [6.45, 7) is 5.18. The van der Waals surface area contributed by atoms with Crippen molar-refractivity contribution in [1.82, 2.24) is 9.97 Å². The summed E-state index contributed by atoms with van der Waals surface area (Å²) in [4.78, 5) is 8.88. The molecule has 0 saturated carbocycles. The van der Waals surface area contributed by atoms with E-state index in [1.165, 1.54) is 6.20 Å². The van der Waals surface area contributed by atoms with Gasteiger partial charge in [-0.05, 0) is 56.5 Å². The molecule has 0 aliphatic carbocycles. The van der Waals surface area contributed by atoms with Gasteiger partial charge in [0.25, 0.3) is 0 Å². The average Bonchev–Trinajstić information content (AvgIpc) is 2.69. The Bertz CT molecular complexity index is 1220. The predicted octanol–water partition coefficient (Wildman–Crippen LogP) is 3.32. The van der Waals surface area contributed by atoms with Crippen LogP contribution >= 0.6 is 0 Å². The molecular weight excluding hydrogens is 386 g/mol. The molecule has 3 rings (SSSR count). The lowest BCUT2D eigenvalue weighted by molar-refractivity contribution is 0.475. The van der Waals surface area contributed by atoms with Gasteiger partial charge in [0.05, 0.1) is 22.0 Å². The quantitative estimate of drug-likeness (QED) is 0.645. The van der Waals surface area contributed by atoms with E-state index >= 15 is 0 Å². The molecule has 0 saturated heterocycles. The molecule has 1 aromatic heterocycles. The predicted molar refractivity (Wildman–Crippen MR) is 113 cm³/mol.